The molecule has 3 rings (SSSR count). The number of rotatable bonds is 4. The molecule has 0 bridgehead atoms. The first-order valence-corrected chi connectivity index (χ1v) is 9.33. The van der Waals surface area contributed by atoms with Gasteiger partial charge < -0.3 is 20.7 Å². The smallest absolute Gasteiger partial charge is 0.414 e. The molecule has 2 heterocycles. The minimum atomic E-state index is -0.818. The normalized spacial score (nSPS) is 19.8. The molecule has 158 valence electrons. The van der Waals surface area contributed by atoms with E-state index in [0.717, 1.165) is 17.0 Å². The molecule has 2 saturated heterocycles. The van der Waals surface area contributed by atoms with E-state index in [0.29, 0.717) is 0 Å². The van der Waals surface area contributed by atoms with Crippen molar-refractivity contribution in [2.45, 2.75) is 13.0 Å². The second-order valence-corrected chi connectivity index (χ2v) is 6.99. The average Bonchev–Trinajstić information content (AvgIpc) is 2.85. The molecule has 0 saturated carbocycles. The highest BCUT2D eigenvalue weighted by Gasteiger charge is 2.34. The van der Waals surface area contributed by atoms with Crippen molar-refractivity contribution in [1.29, 1.82) is 0 Å². The van der Waals surface area contributed by atoms with Gasteiger partial charge in [0, 0.05) is 32.1 Å². The minimum Gasteiger partial charge on any atom is -0.442 e. The lowest BCUT2D eigenvalue weighted by molar-refractivity contribution is -0.119. The number of carbonyl (C=O) groups is 2. The molecule has 2 amide bonds. The molecule has 2 fully saturated rings. The number of hydrogen-bond acceptors (Lipinski definition) is 6. The van der Waals surface area contributed by atoms with Crippen molar-refractivity contribution in [3.8, 4) is 0 Å². The number of hydrogen-bond donors (Lipinski definition) is 2. The van der Waals surface area contributed by atoms with E-state index in [1.54, 1.807) is 0 Å². The number of anilines is 2. The summed E-state index contributed by atoms with van der Waals surface area (Å²) in [6, 6.07) is 2.16. The van der Waals surface area contributed by atoms with Gasteiger partial charge in [-0.15, -0.1) is 0 Å². The zero-order valence-corrected chi connectivity index (χ0v) is 16.5. The molecule has 9 nitrogen and oxygen atoms in total. The fraction of sp³-hybridized carbons (Fsp3) is 0.471. The lowest BCUT2D eigenvalue weighted by atomic mass is 10.2. The van der Waals surface area contributed by atoms with Crippen molar-refractivity contribution in [1.82, 2.24) is 10.4 Å². The highest BCUT2D eigenvalue weighted by molar-refractivity contribution is 7.80. The van der Waals surface area contributed by atoms with Gasteiger partial charge in [0.1, 0.15) is 11.8 Å². The van der Waals surface area contributed by atoms with E-state index in [2.05, 4.69) is 5.32 Å². The molecule has 12 heteroatoms. The van der Waals surface area contributed by atoms with Gasteiger partial charge >= 0.3 is 6.09 Å². The van der Waals surface area contributed by atoms with E-state index in [9.17, 15) is 18.4 Å². The molecule has 1 aromatic carbocycles. The van der Waals surface area contributed by atoms with Gasteiger partial charge in [-0.25, -0.2) is 18.6 Å². The number of benzene rings is 1. The van der Waals surface area contributed by atoms with E-state index in [1.807, 2.05) is 0 Å². The third-order valence-electron chi connectivity index (χ3n) is 4.51. The van der Waals surface area contributed by atoms with Gasteiger partial charge in [0.05, 0.1) is 31.9 Å². The van der Waals surface area contributed by atoms with Gasteiger partial charge in [-0.3, -0.25) is 14.5 Å². The number of nitrogens with two attached hydrogens (primary N) is 1. The zero-order valence-electron chi connectivity index (χ0n) is 15.7. The third-order valence-corrected chi connectivity index (χ3v) is 4.71. The maximum atomic E-state index is 14.8. The van der Waals surface area contributed by atoms with Crippen molar-refractivity contribution in [3.63, 3.8) is 0 Å². The number of nitrogens with one attached hydrogen (secondary N) is 1. The molecule has 0 spiro atoms. The van der Waals surface area contributed by atoms with E-state index in [1.165, 1.54) is 16.9 Å². The van der Waals surface area contributed by atoms with E-state index in [4.69, 9.17) is 27.5 Å². The number of nitrogens with zero attached hydrogens (tertiary/aromatic N) is 3. The fourth-order valence-electron chi connectivity index (χ4n) is 3.15. The zero-order chi connectivity index (χ0) is 21.1. The fourth-order valence-corrected chi connectivity index (χ4v) is 3.30. The number of cyclic esters (lactones) is 1. The van der Waals surface area contributed by atoms with E-state index in [-0.39, 0.29) is 61.7 Å². The van der Waals surface area contributed by atoms with Crippen LogP contribution >= 0.6 is 12.2 Å². The first kappa shape index (κ1) is 21.0. The predicted molar refractivity (Wildman–Crippen MR) is 104 cm³/mol. The molecule has 0 aliphatic carbocycles. The van der Waals surface area contributed by atoms with Crippen LogP contribution in [0.25, 0.3) is 0 Å². The van der Waals surface area contributed by atoms with Gasteiger partial charge in [0.15, 0.2) is 16.7 Å². The largest absolute Gasteiger partial charge is 0.442 e. The van der Waals surface area contributed by atoms with Crippen LogP contribution in [0, 0.1) is 11.6 Å². The molecule has 2 aliphatic heterocycles. The monoisotopic (exact) mass is 429 g/mol. The number of thiocarbonyl (C=S) groups is 1. The summed E-state index contributed by atoms with van der Waals surface area (Å²) >= 11 is 4.85. The van der Waals surface area contributed by atoms with Crippen LogP contribution in [0.15, 0.2) is 12.1 Å². The molecule has 1 atom stereocenters. The summed E-state index contributed by atoms with van der Waals surface area (Å²) in [6.07, 6.45) is -1.34. The second-order valence-electron chi connectivity index (χ2n) is 6.57. The Hall–Kier alpha value is -2.73. The van der Waals surface area contributed by atoms with Gasteiger partial charge in [0.2, 0.25) is 5.91 Å². The third kappa shape index (κ3) is 4.82. The van der Waals surface area contributed by atoms with Gasteiger partial charge in [-0.2, -0.15) is 0 Å². The quantitative estimate of drug-likeness (QED) is 0.676. The SMILES string of the molecule is CC(=O)NCC1CN(c2cc(F)c(N3CCON(C(N)=S)CC3)c(F)c2)C(=O)O1. The summed E-state index contributed by atoms with van der Waals surface area (Å²) in [6.45, 7) is 2.41. The van der Waals surface area contributed by atoms with Crippen LogP contribution in [0.3, 0.4) is 0 Å². The van der Waals surface area contributed by atoms with Crippen molar-refractivity contribution < 1.29 is 27.9 Å². The first-order chi connectivity index (χ1) is 13.8. The topological polar surface area (TPSA) is 100 Å². The highest BCUT2D eigenvalue weighted by Crippen LogP contribution is 2.31. The molecular formula is C17H21F2N5O4S. The lowest BCUT2D eigenvalue weighted by Gasteiger charge is -2.24. The summed E-state index contributed by atoms with van der Waals surface area (Å²) in [4.78, 5) is 31.0. The van der Waals surface area contributed by atoms with Gasteiger partial charge in [0.25, 0.3) is 0 Å². The van der Waals surface area contributed by atoms with E-state index < -0.39 is 23.8 Å². The molecule has 0 aromatic heterocycles. The van der Waals surface area contributed by atoms with Crippen LogP contribution < -0.4 is 20.9 Å². The van der Waals surface area contributed by atoms with E-state index >= 15 is 0 Å². The summed E-state index contributed by atoms with van der Waals surface area (Å²) in [5.41, 5.74) is 5.34. The number of amides is 2. The Morgan fingerprint density at radius 1 is 1.31 bits per heavy atom. The van der Waals surface area contributed by atoms with Crippen LogP contribution in [0.5, 0.6) is 0 Å². The van der Waals surface area contributed by atoms with Crippen molar-refractivity contribution in [2.75, 3.05) is 49.1 Å². The summed E-state index contributed by atoms with van der Waals surface area (Å²) in [5, 5.41) is 3.89. The first-order valence-electron chi connectivity index (χ1n) is 8.92. The van der Waals surface area contributed by atoms with Crippen LogP contribution in [0.1, 0.15) is 6.92 Å². The molecular weight excluding hydrogens is 408 g/mol. The number of carbonyl (C=O) groups excluding carboxylic acids is 2. The maximum Gasteiger partial charge on any atom is 0.414 e. The Morgan fingerprint density at radius 3 is 2.62 bits per heavy atom. The summed E-state index contributed by atoms with van der Waals surface area (Å²) in [5.74, 6) is -1.90. The molecule has 0 radical (unpaired) electrons. The second kappa shape index (κ2) is 8.74. The van der Waals surface area contributed by atoms with Crippen LogP contribution in [0.4, 0.5) is 25.0 Å². The number of halogens is 2. The summed E-state index contributed by atoms with van der Waals surface area (Å²) in [7, 11) is 0. The Kier molecular flexibility index (Phi) is 6.33. The predicted octanol–water partition coefficient (Wildman–Crippen LogP) is 0.723. The standard InChI is InChI=1S/C17H21F2N5O4S/c1-10(25)21-8-12-9-23(17(26)28-12)11-6-13(18)15(14(19)7-11)22-2-3-24(16(20)29)27-5-4-22/h6-7,12H,2-5,8-9H2,1H3,(H2,20,29)(H,21,25). The van der Waals surface area contributed by atoms with Gasteiger partial charge in [-0.1, -0.05) is 0 Å². The molecule has 1 aromatic rings. The van der Waals surface area contributed by atoms with Crippen molar-refractivity contribution in [2.24, 2.45) is 5.73 Å². The maximum absolute atomic E-state index is 14.8. The van der Waals surface area contributed by atoms with Crippen molar-refractivity contribution in [3.05, 3.63) is 23.8 Å². The Bertz CT molecular complexity index is 804. The minimum absolute atomic E-state index is 0.0370. The highest BCUT2D eigenvalue weighted by atomic mass is 32.1. The Balaban J connectivity index is 1.75. The average molecular weight is 429 g/mol. The molecule has 2 aliphatic rings. The molecule has 3 N–H and O–H groups in total. The number of ether oxygens (including phenoxy) is 1. The number of hydroxylamine groups is 2. The molecule has 29 heavy (non-hydrogen) atoms. The van der Waals surface area contributed by atoms with Gasteiger partial charge in [-0.05, 0) is 12.2 Å². The Labute approximate surface area is 171 Å². The van der Waals surface area contributed by atoms with Crippen LogP contribution in [-0.4, -0.2) is 67.6 Å². The summed E-state index contributed by atoms with van der Waals surface area (Å²) < 4.78 is 34.7. The lowest BCUT2D eigenvalue weighted by Crippen LogP contribution is -2.38. The van der Waals surface area contributed by atoms with Crippen molar-refractivity contribution >= 4 is 40.7 Å². The Morgan fingerprint density at radius 2 is 2.00 bits per heavy atom. The van der Waals surface area contributed by atoms with Crippen LogP contribution in [0.2, 0.25) is 0 Å². The van der Waals surface area contributed by atoms with Crippen LogP contribution in [-0.2, 0) is 14.4 Å². The molecule has 1 unspecified atom stereocenters.